The molecule has 4 rings (SSSR count). The molecule has 0 saturated heterocycles. The number of aromatic nitrogens is 4. The Labute approximate surface area is 160 Å². The van der Waals surface area contributed by atoms with E-state index >= 15 is 0 Å². The molecular formula is C18H22BrN6O+. The minimum absolute atomic E-state index is 0.509. The number of halogens is 1. The predicted octanol–water partition coefficient (Wildman–Crippen LogP) is 2.80. The van der Waals surface area contributed by atoms with Crippen LogP contribution < -0.4 is 20.2 Å². The molecule has 1 saturated carbocycles. The van der Waals surface area contributed by atoms with Crippen LogP contribution in [-0.4, -0.2) is 27.7 Å². The van der Waals surface area contributed by atoms with Gasteiger partial charge in [-0.3, -0.25) is 4.84 Å². The van der Waals surface area contributed by atoms with Crippen molar-refractivity contribution in [1.82, 2.24) is 14.6 Å². The number of hydrogen-bond donors (Lipinski definition) is 2. The Balaban J connectivity index is 1.59. The minimum atomic E-state index is 0.509. The van der Waals surface area contributed by atoms with Crippen molar-refractivity contribution in [3.05, 3.63) is 46.8 Å². The Morgan fingerprint density at radius 3 is 3.04 bits per heavy atom. The highest BCUT2D eigenvalue weighted by molar-refractivity contribution is 9.10. The van der Waals surface area contributed by atoms with E-state index < -0.39 is 0 Å². The zero-order chi connectivity index (χ0) is 17.9. The number of hydrogen-bond acceptors (Lipinski definition) is 5. The smallest absolute Gasteiger partial charge is 0.227 e. The number of anilines is 2. The quantitative estimate of drug-likeness (QED) is 0.603. The molecule has 26 heavy (non-hydrogen) atoms. The summed E-state index contributed by atoms with van der Waals surface area (Å²) in [7, 11) is 1.64. The summed E-state index contributed by atoms with van der Waals surface area (Å²) < 4.78 is 4.38. The average Bonchev–Trinajstić information content (AvgIpc) is 3.30. The fourth-order valence-electron chi connectivity index (χ4n) is 3.33. The second-order valence-electron chi connectivity index (χ2n) is 6.49. The van der Waals surface area contributed by atoms with Crippen molar-refractivity contribution < 1.29 is 9.57 Å². The van der Waals surface area contributed by atoms with E-state index in [2.05, 4.69) is 37.7 Å². The van der Waals surface area contributed by atoms with Gasteiger partial charge in [-0.05, 0) is 34.8 Å². The third-order valence-corrected chi connectivity index (χ3v) is 5.22. The predicted molar refractivity (Wildman–Crippen MR) is 103 cm³/mol. The summed E-state index contributed by atoms with van der Waals surface area (Å²) in [5.74, 6) is 1.78. The zero-order valence-electron chi connectivity index (χ0n) is 14.7. The molecule has 0 aromatic carbocycles. The number of nitrogens with zero attached hydrogens (tertiary/aromatic N) is 4. The van der Waals surface area contributed by atoms with E-state index in [1.165, 1.54) is 25.7 Å². The standard InChI is InChI=1S/C18H22BrN6O/c1-26-24-8-4-5-13(12-24)10-20-17-9-16(22-14-6-2-3-7-14)23-18-15(19)11-21-25(17)18/h4-5,8-9,11-12,14,20H,2-3,6-7,10H2,1H3,(H,22,23)/q+1. The Morgan fingerprint density at radius 2 is 2.23 bits per heavy atom. The largest absolute Gasteiger partial charge is 0.367 e. The fourth-order valence-corrected chi connectivity index (χ4v) is 3.68. The van der Waals surface area contributed by atoms with E-state index in [9.17, 15) is 0 Å². The van der Waals surface area contributed by atoms with E-state index in [0.29, 0.717) is 12.6 Å². The molecule has 0 amide bonds. The van der Waals surface area contributed by atoms with Crippen molar-refractivity contribution in [3.8, 4) is 0 Å². The molecule has 0 atom stereocenters. The highest BCUT2D eigenvalue weighted by Gasteiger charge is 2.17. The topological polar surface area (TPSA) is 67.4 Å². The van der Waals surface area contributed by atoms with Crippen molar-refractivity contribution >= 4 is 33.2 Å². The SMILES string of the molecule is CO[n+]1cccc(CNc2cc(NC3CCCC3)nc3c(Br)cnn23)c1. The maximum Gasteiger partial charge on any atom is 0.227 e. The molecule has 136 valence electrons. The zero-order valence-corrected chi connectivity index (χ0v) is 16.2. The molecule has 0 bridgehead atoms. The third-order valence-electron chi connectivity index (χ3n) is 4.66. The summed E-state index contributed by atoms with van der Waals surface area (Å²) in [4.78, 5) is 9.94. The monoisotopic (exact) mass is 417 g/mol. The lowest BCUT2D eigenvalue weighted by atomic mass is 10.2. The first-order valence-electron chi connectivity index (χ1n) is 8.82. The molecule has 0 spiro atoms. The van der Waals surface area contributed by atoms with E-state index in [0.717, 1.165) is 27.3 Å². The first-order chi connectivity index (χ1) is 12.7. The van der Waals surface area contributed by atoms with Gasteiger partial charge in [0.15, 0.2) is 5.65 Å². The summed E-state index contributed by atoms with van der Waals surface area (Å²) in [6.07, 6.45) is 10.6. The molecule has 1 aliphatic rings. The van der Waals surface area contributed by atoms with Crippen LogP contribution >= 0.6 is 15.9 Å². The molecule has 3 aromatic rings. The van der Waals surface area contributed by atoms with Crippen molar-refractivity contribution in [3.63, 3.8) is 0 Å². The van der Waals surface area contributed by atoms with Gasteiger partial charge in [-0.2, -0.15) is 9.61 Å². The van der Waals surface area contributed by atoms with Crippen LogP contribution in [0.1, 0.15) is 31.2 Å². The van der Waals surface area contributed by atoms with Gasteiger partial charge in [0.2, 0.25) is 12.4 Å². The molecule has 1 fully saturated rings. The Kier molecular flexibility index (Phi) is 4.92. The molecular weight excluding hydrogens is 396 g/mol. The first kappa shape index (κ1) is 17.1. The molecule has 7 nitrogen and oxygen atoms in total. The summed E-state index contributed by atoms with van der Waals surface area (Å²) in [5.41, 5.74) is 1.91. The number of rotatable bonds is 6. The van der Waals surface area contributed by atoms with Crippen LogP contribution in [0.15, 0.2) is 41.3 Å². The summed E-state index contributed by atoms with van der Waals surface area (Å²) in [6, 6.07) is 6.55. The van der Waals surface area contributed by atoms with Crippen LogP contribution in [0.25, 0.3) is 5.65 Å². The van der Waals surface area contributed by atoms with Crippen LogP contribution in [0.3, 0.4) is 0 Å². The van der Waals surface area contributed by atoms with E-state index in [1.807, 2.05) is 29.0 Å². The van der Waals surface area contributed by atoms with E-state index in [4.69, 9.17) is 9.82 Å². The Bertz CT molecular complexity index is 906. The van der Waals surface area contributed by atoms with E-state index in [1.54, 1.807) is 18.0 Å². The molecule has 0 unspecified atom stereocenters. The van der Waals surface area contributed by atoms with Gasteiger partial charge in [0, 0.05) is 35.0 Å². The maximum absolute atomic E-state index is 5.22. The highest BCUT2D eigenvalue weighted by atomic mass is 79.9. The fraction of sp³-hybridized carbons (Fsp3) is 0.389. The van der Waals surface area contributed by atoms with Crippen LogP contribution in [-0.2, 0) is 6.54 Å². The third kappa shape index (κ3) is 3.60. The lowest BCUT2D eigenvalue weighted by molar-refractivity contribution is -0.885. The van der Waals surface area contributed by atoms with Gasteiger partial charge in [0.05, 0.1) is 10.7 Å². The molecule has 8 heteroatoms. The summed E-state index contributed by atoms with van der Waals surface area (Å²) in [6.45, 7) is 0.656. The minimum Gasteiger partial charge on any atom is -0.367 e. The van der Waals surface area contributed by atoms with Gasteiger partial charge >= 0.3 is 0 Å². The molecule has 0 aliphatic heterocycles. The molecule has 0 radical (unpaired) electrons. The second-order valence-corrected chi connectivity index (χ2v) is 7.34. The number of pyridine rings is 1. The molecule has 3 aromatic heterocycles. The van der Waals surface area contributed by atoms with Gasteiger partial charge in [0.1, 0.15) is 18.7 Å². The second kappa shape index (κ2) is 7.49. The Morgan fingerprint density at radius 1 is 1.38 bits per heavy atom. The first-order valence-corrected chi connectivity index (χ1v) is 9.61. The summed E-state index contributed by atoms with van der Waals surface area (Å²) in [5, 5.41) is 11.5. The lowest BCUT2D eigenvalue weighted by Crippen LogP contribution is -2.40. The summed E-state index contributed by atoms with van der Waals surface area (Å²) >= 11 is 3.54. The van der Waals surface area contributed by atoms with Crippen molar-refractivity contribution in [2.75, 3.05) is 17.7 Å². The van der Waals surface area contributed by atoms with Crippen LogP contribution in [0, 0.1) is 0 Å². The maximum atomic E-state index is 5.22. The van der Waals surface area contributed by atoms with Gasteiger partial charge < -0.3 is 10.6 Å². The number of fused-ring (bicyclic) bond motifs is 1. The van der Waals surface area contributed by atoms with Crippen LogP contribution in [0.4, 0.5) is 11.6 Å². The van der Waals surface area contributed by atoms with Crippen molar-refractivity contribution in [2.24, 2.45) is 0 Å². The molecule has 1 aliphatic carbocycles. The number of nitrogens with one attached hydrogen (secondary N) is 2. The lowest BCUT2D eigenvalue weighted by Gasteiger charge is -2.15. The van der Waals surface area contributed by atoms with Gasteiger partial charge in [-0.25, -0.2) is 4.98 Å². The van der Waals surface area contributed by atoms with Gasteiger partial charge in [-0.15, -0.1) is 0 Å². The highest BCUT2D eigenvalue weighted by Crippen LogP contribution is 2.26. The molecule has 2 N–H and O–H groups in total. The van der Waals surface area contributed by atoms with Crippen molar-refractivity contribution in [1.29, 1.82) is 0 Å². The Hall–Kier alpha value is -2.35. The van der Waals surface area contributed by atoms with E-state index in [-0.39, 0.29) is 0 Å². The van der Waals surface area contributed by atoms with Gasteiger partial charge in [0.25, 0.3) is 0 Å². The van der Waals surface area contributed by atoms with Crippen LogP contribution in [0.2, 0.25) is 0 Å². The average molecular weight is 418 g/mol. The molecule has 3 heterocycles. The van der Waals surface area contributed by atoms with Gasteiger partial charge in [-0.1, -0.05) is 12.8 Å². The van der Waals surface area contributed by atoms with Crippen molar-refractivity contribution in [2.45, 2.75) is 38.3 Å². The van der Waals surface area contributed by atoms with Crippen LogP contribution in [0.5, 0.6) is 0 Å². The normalized spacial score (nSPS) is 14.7.